The van der Waals surface area contributed by atoms with Gasteiger partial charge in [-0.05, 0) is 29.4 Å². The van der Waals surface area contributed by atoms with E-state index in [9.17, 15) is 0 Å². The van der Waals surface area contributed by atoms with Crippen LogP contribution in [0.5, 0.6) is 5.75 Å². The number of hydrogen-bond acceptors (Lipinski definition) is 3. The van der Waals surface area contributed by atoms with Crippen LogP contribution < -0.4 is 10.1 Å². The first-order valence-electron chi connectivity index (χ1n) is 6.68. The molecule has 2 aromatic rings. The molecule has 0 aromatic heterocycles. The third-order valence-corrected chi connectivity index (χ3v) is 3.00. The van der Waals surface area contributed by atoms with Gasteiger partial charge in [0, 0.05) is 13.7 Å². The summed E-state index contributed by atoms with van der Waals surface area (Å²) in [5.41, 5.74) is 0. The number of fused-ring (bicyclic) bond motifs is 1. The van der Waals surface area contributed by atoms with E-state index in [1.807, 2.05) is 18.2 Å². The molecule has 1 unspecified atom stereocenters. The van der Waals surface area contributed by atoms with Crippen LogP contribution in [0, 0.1) is 0 Å². The lowest BCUT2D eigenvalue weighted by Gasteiger charge is -2.19. The third-order valence-electron chi connectivity index (χ3n) is 3.00. The van der Waals surface area contributed by atoms with E-state index in [4.69, 9.17) is 9.47 Å². The second-order valence-electron chi connectivity index (χ2n) is 4.51. The van der Waals surface area contributed by atoms with E-state index in [2.05, 4.69) is 36.5 Å². The molecule has 0 aliphatic carbocycles. The number of benzene rings is 2. The minimum Gasteiger partial charge on any atom is -0.487 e. The molecule has 1 N–H and O–H groups in total. The fraction of sp³-hybridized carbons (Fsp3) is 0.375. The molecule has 0 aliphatic rings. The van der Waals surface area contributed by atoms with E-state index in [-0.39, 0.29) is 6.10 Å². The summed E-state index contributed by atoms with van der Waals surface area (Å²) < 4.78 is 11.2. The zero-order chi connectivity index (χ0) is 13.5. The monoisotopic (exact) mass is 259 g/mol. The van der Waals surface area contributed by atoms with Crippen molar-refractivity contribution in [3.8, 4) is 5.75 Å². The smallest absolute Gasteiger partial charge is 0.134 e. The summed E-state index contributed by atoms with van der Waals surface area (Å²) in [4.78, 5) is 0. The highest BCUT2D eigenvalue weighted by atomic mass is 16.5. The zero-order valence-electron chi connectivity index (χ0n) is 11.6. The molecule has 0 spiro atoms. The van der Waals surface area contributed by atoms with Gasteiger partial charge in [-0.1, -0.05) is 37.3 Å². The van der Waals surface area contributed by atoms with E-state index in [0.717, 1.165) is 18.8 Å². The van der Waals surface area contributed by atoms with E-state index in [1.54, 1.807) is 7.11 Å². The van der Waals surface area contributed by atoms with Crippen molar-refractivity contribution in [1.82, 2.24) is 5.32 Å². The van der Waals surface area contributed by atoms with E-state index >= 15 is 0 Å². The van der Waals surface area contributed by atoms with Gasteiger partial charge in [0.25, 0.3) is 0 Å². The highest BCUT2D eigenvalue weighted by molar-refractivity contribution is 5.83. The number of likely N-dealkylation sites (N-methyl/N-ethyl adjacent to an activating group) is 1. The number of methoxy groups -OCH3 is 1. The minimum absolute atomic E-state index is 0.0334. The van der Waals surface area contributed by atoms with E-state index in [0.29, 0.717) is 6.61 Å². The first-order valence-corrected chi connectivity index (χ1v) is 6.68. The van der Waals surface area contributed by atoms with Crippen LogP contribution in [-0.2, 0) is 4.74 Å². The largest absolute Gasteiger partial charge is 0.487 e. The van der Waals surface area contributed by atoms with Crippen molar-refractivity contribution in [2.24, 2.45) is 0 Å². The van der Waals surface area contributed by atoms with Gasteiger partial charge in [-0.2, -0.15) is 0 Å². The van der Waals surface area contributed by atoms with Crippen molar-refractivity contribution in [1.29, 1.82) is 0 Å². The quantitative estimate of drug-likeness (QED) is 0.829. The van der Waals surface area contributed by atoms with Crippen molar-refractivity contribution in [3.63, 3.8) is 0 Å². The number of ether oxygens (including phenoxy) is 2. The van der Waals surface area contributed by atoms with E-state index < -0.39 is 0 Å². The van der Waals surface area contributed by atoms with Gasteiger partial charge in [0.15, 0.2) is 0 Å². The van der Waals surface area contributed by atoms with Crippen molar-refractivity contribution in [3.05, 3.63) is 42.5 Å². The molecule has 102 valence electrons. The Morgan fingerprint density at radius 3 is 2.63 bits per heavy atom. The second-order valence-corrected chi connectivity index (χ2v) is 4.51. The highest BCUT2D eigenvalue weighted by Gasteiger charge is 2.09. The summed E-state index contributed by atoms with van der Waals surface area (Å²) in [5, 5.41) is 5.71. The first-order chi connectivity index (χ1) is 9.33. The summed E-state index contributed by atoms with van der Waals surface area (Å²) in [7, 11) is 1.70. The molecule has 2 rings (SSSR count). The van der Waals surface area contributed by atoms with Gasteiger partial charge < -0.3 is 14.8 Å². The van der Waals surface area contributed by atoms with Crippen LogP contribution in [0.1, 0.15) is 6.92 Å². The Balaban J connectivity index is 2.09. The van der Waals surface area contributed by atoms with Crippen molar-refractivity contribution in [2.75, 3.05) is 26.8 Å². The number of nitrogens with one attached hydrogen (secondary N) is 1. The van der Waals surface area contributed by atoms with Crippen LogP contribution in [-0.4, -0.2) is 32.9 Å². The van der Waals surface area contributed by atoms with Crippen LogP contribution in [0.3, 0.4) is 0 Å². The molecule has 3 nitrogen and oxygen atoms in total. The molecular formula is C16H21NO2. The minimum atomic E-state index is 0.0334. The average molecular weight is 259 g/mol. The van der Waals surface area contributed by atoms with Gasteiger partial charge in [0.1, 0.15) is 11.9 Å². The third kappa shape index (κ3) is 3.94. The molecule has 0 heterocycles. The first kappa shape index (κ1) is 13.8. The Morgan fingerprint density at radius 1 is 1.11 bits per heavy atom. The SMILES string of the molecule is CCNCC(COC)Oc1ccc2ccccc2c1. The fourth-order valence-electron chi connectivity index (χ4n) is 2.06. The Hall–Kier alpha value is -1.58. The van der Waals surface area contributed by atoms with Crippen LogP contribution in [0.25, 0.3) is 10.8 Å². The van der Waals surface area contributed by atoms with Crippen LogP contribution in [0.15, 0.2) is 42.5 Å². The molecule has 0 saturated heterocycles. The van der Waals surface area contributed by atoms with Gasteiger partial charge in [0.2, 0.25) is 0 Å². The second kappa shape index (κ2) is 7.12. The predicted octanol–water partition coefficient (Wildman–Crippen LogP) is 2.84. The summed E-state index contributed by atoms with van der Waals surface area (Å²) in [6.07, 6.45) is 0.0334. The van der Waals surface area contributed by atoms with Gasteiger partial charge in [0.05, 0.1) is 6.61 Å². The molecule has 2 aromatic carbocycles. The summed E-state index contributed by atoms with van der Waals surface area (Å²) in [5.74, 6) is 0.888. The summed E-state index contributed by atoms with van der Waals surface area (Å²) >= 11 is 0. The lowest BCUT2D eigenvalue weighted by molar-refractivity contribution is 0.0811. The van der Waals surface area contributed by atoms with Crippen LogP contribution in [0.2, 0.25) is 0 Å². The maximum atomic E-state index is 5.98. The molecule has 0 bridgehead atoms. The lowest BCUT2D eigenvalue weighted by Crippen LogP contribution is -2.34. The zero-order valence-corrected chi connectivity index (χ0v) is 11.6. The predicted molar refractivity (Wildman–Crippen MR) is 78.8 cm³/mol. The lowest BCUT2D eigenvalue weighted by atomic mass is 10.1. The molecule has 0 amide bonds. The van der Waals surface area contributed by atoms with Crippen molar-refractivity contribution >= 4 is 10.8 Å². The topological polar surface area (TPSA) is 30.5 Å². The van der Waals surface area contributed by atoms with Gasteiger partial charge >= 0.3 is 0 Å². The van der Waals surface area contributed by atoms with Gasteiger partial charge in [-0.25, -0.2) is 0 Å². The molecule has 1 atom stereocenters. The maximum Gasteiger partial charge on any atom is 0.134 e. The Morgan fingerprint density at radius 2 is 1.89 bits per heavy atom. The number of rotatable bonds is 7. The van der Waals surface area contributed by atoms with Gasteiger partial charge in [-0.15, -0.1) is 0 Å². The highest BCUT2D eigenvalue weighted by Crippen LogP contribution is 2.21. The summed E-state index contributed by atoms with van der Waals surface area (Å²) in [6.45, 7) is 4.39. The molecule has 0 aliphatic heterocycles. The molecular weight excluding hydrogens is 238 g/mol. The standard InChI is InChI=1S/C16H21NO2/c1-3-17-11-16(12-18-2)19-15-9-8-13-6-4-5-7-14(13)10-15/h4-10,16-17H,3,11-12H2,1-2H3. The molecule has 19 heavy (non-hydrogen) atoms. The maximum absolute atomic E-state index is 5.98. The molecule has 0 saturated carbocycles. The number of hydrogen-bond donors (Lipinski definition) is 1. The van der Waals surface area contributed by atoms with Gasteiger partial charge in [-0.3, -0.25) is 0 Å². The van der Waals surface area contributed by atoms with Crippen molar-refractivity contribution in [2.45, 2.75) is 13.0 Å². The molecule has 0 radical (unpaired) electrons. The van der Waals surface area contributed by atoms with E-state index in [1.165, 1.54) is 10.8 Å². The Bertz CT molecular complexity index is 513. The molecule has 0 fully saturated rings. The fourth-order valence-corrected chi connectivity index (χ4v) is 2.06. The normalized spacial score (nSPS) is 12.5. The van der Waals surface area contributed by atoms with Crippen molar-refractivity contribution < 1.29 is 9.47 Å². The Labute approximate surface area is 114 Å². The summed E-state index contributed by atoms with van der Waals surface area (Å²) in [6, 6.07) is 14.4. The van der Waals surface area contributed by atoms with Crippen LogP contribution in [0.4, 0.5) is 0 Å². The molecule has 3 heteroatoms. The average Bonchev–Trinajstić information content (AvgIpc) is 2.45. The Kier molecular flexibility index (Phi) is 5.19. The van der Waals surface area contributed by atoms with Crippen LogP contribution >= 0.6 is 0 Å².